The van der Waals surface area contributed by atoms with Crippen LogP contribution in [0.1, 0.15) is 37.8 Å². The van der Waals surface area contributed by atoms with Gasteiger partial charge in [0.15, 0.2) is 0 Å². The number of rotatable bonds is 11. The minimum atomic E-state index is -1.28. The summed E-state index contributed by atoms with van der Waals surface area (Å²) in [6, 6.07) is 16.1. The number of fused-ring (bicyclic) bond motifs is 3. The molecule has 0 saturated carbocycles. The Morgan fingerprint density at radius 2 is 1.64 bits per heavy atom. The van der Waals surface area contributed by atoms with Gasteiger partial charge in [0.05, 0.1) is 18.2 Å². The van der Waals surface area contributed by atoms with Crippen molar-refractivity contribution in [2.75, 3.05) is 26.3 Å². The zero-order valence-corrected chi connectivity index (χ0v) is 23.7. The molecule has 2 aromatic carbocycles. The fourth-order valence-electron chi connectivity index (χ4n) is 4.80. The third-order valence-electron chi connectivity index (χ3n) is 6.71. The molecule has 1 heterocycles. The SMILES string of the molecule is CC(C)(C)OC[C@@H](CN(CC(=O)O)C(=O)Cn1ccc(=O)[nH]c1=O)NC(=O)OCC1c2ccccc2-c2ccccc21. The van der Waals surface area contributed by atoms with Crippen molar-refractivity contribution in [3.8, 4) is 11.1 Å². The van der Waals surface area contributed by atoms with Crippen LogP contribution < -0.4 is 16.6 Å². The first-order valence-corrected chi connectivity index (χ1v) is 13.5. The molecule has 12 heteroatoms. The second-order valence-corrected chi connectivity index (χ2v) is 11.0. The smallest absolute Gasteiger partial charge is 0.407 e. The predicted molar refractivity (Wildman–Crippen MR) is 153 cm³/mol. The van der Waals surface area contributed by atoms with Crippen LogP contribution in [0.15, 0.2) is 70.4 Å². The molecule has 1 aromatic heterocycles. The van der Waals surface area contributed by atoms with Crippen LogP contribution in [-0.4, -0.2) is 75.5 Å². The number of alkyl carbamates (subject to hydrolysis) is 1. The summed E-state index contributed by atoms with van der Waals surface area (Å²) in [5.41, 5.74) is 2.25. The van der Waals surface area contributed by atoms with Crippen molar-refractivity contribution in [2.24, 2.45) is 0 Å². The second-order valence-electron chi connectivity index (χ2n) is 11.0. The predicted octanol–water partition coefficient (Wildman–Crippen LogP) is 2.17. The van der Waals surface area contributed by atoms with E-state index in [9.17, 15) is 29.1 Å². The number of amides is 2. The average Bonchev–Trinajstić information content (AvgIpc) is 3.24. The van der Waals surface area contributed by atoms with Gasteiger partial charge in [-0.1, -0.05) is 48.5 Å². The number of nitrogens with one attached hydrogen (secondary N) is 2. The van der Waals surface area contributed by atoms with Crippen LogP contribution in [0.5, 0.6) is 0 Å². The van der Waals surface area contributed by atoms with E-state index in [0.29, 0.717) is 0 Å². The van der Waals surface area contributed by atoms with Crippen LogP contribution in [0.4, 0.5) is 4.79 Å². The fraction of sp³-hybridized carbons (Fsp3) is 0.367. The maximum Gasteiger partial charge on any atom is 0.407 e. The van der Waals surface area contributed by atoms with Gasteiger partial charge in [-0.25, -0.2) is 9.59 Å². The zero-order valence-electron chi connectivity index (χ0n) is 23.7. The molecular formula is C30H34N4O8. The van der Waals surface area contributed by atoms with E-state index in [1.165, 1.54) is 0 Å². The van der Waals surface area contributed by atoms with E-state index >= 15 is 0 Å². The Kier molecular flexibility index (Phi) is 9.26. The summed E-state index contributed by atoms with van der Waals surface area (Å²) in [7, 11) is 0. The van der Waals surface area contributed by atoms with Crippen molar-refractivity contribution >= 4 is 18.0 Å². The van der Waals surface area contributed by atoms with Crippen molar-refractivity contribution in [1.29, 1.82) is 0 Å². The highest BCUT2D eigenvalue weighted by molar-refractivity contribution is 5.81. The molecule has 2 amide bonds. The molecular weight excluding hydrogens is 544 g/mol. The van der Waals surface area contributed by atoms with Crippen LogP contribution >= 0.6 is 0 Å². The number of aromatic amines is 1. The molecule has 1 aliphatic rings. The molecule has 0 saturated heterocycles. The Morgan fingerprint density at radius 1 is 1.02 bits per heavy atom. The number of benzene rings is 2. The number of carbonyl (C=O) groups is 3. The maximum absolute atomic E-state index is 13.1. The van der Waals surface area contributed by atoms with Crippen LogP contribution in [-0.2, 0) is 25.6 Å². The summed E-state index contributed by atoms with van der Waals surface area (Å²) in [5.74, 6) is -2.15. The van der Waals surface area contributed by atoms with E-state index in [1.807, 2.05) is 74.3 Å². The second kappa shape index (κ2) is 12.9. The first-order chi connectivity index (χ1) is 19.9. The van der Waals surface area contributed by atoms with Gasteiger partial charge in [0, 0.05) is 24.7 Å². The number of hydrogen-bond donors (Lipinski definition) is 3. The topological polar surface area (TPSA) is 160 Å². The Hall–Kier alpha value is -4.71. The lowest BCUT2D eigenvalue weighted by molar-refractivity contribution is -0.145. The van der Waals surface area contributed by atoms with Crippen molar-refractivity contribution in [3.05, 3.63) is 92.8 Å². The molecule has 0 spiro atoms. The number of carbonyl (C=O) groups excluding carboxylic acids is 2. The lowest BCUT2D eigenvalue weighted by atomic mass is 9.98. The third kappa shape index (κ3) is 7.72. The highest BCUT2D eigenvalue weighted by Crippen LogP contribution is 2.44. The third-order valence-corrected chi connectivity index (χ3v) is 6.71. The minimum Gasteiger partial charge on any atom is -0.480 e. The molecule has 222 valence electrons. The quantitative estimate of drug-likeness (QED) is 0.312. The molecule has 4 rings (SSSR count). The summed E-state index contributed by atoms with van der Waals surface area (Å²) < 4.78 is 12.4. The molecule has 1 aliphatic carbocycles. The number of carboxylic acids is 1. The standard InChI is InChI=1S/C30H34N4O8/c1-30(2,3)42-17-19(14-34(16-27(37)38)26(36)15-33-13-12-25(35)32-28(33)39)31-29(40)41-18-24-22-10-6-4-8-20(22)21-9-5-7-11-23(21)24/h4-13,19,24H,14-18H2,1-3H3,(H,31,40)(H,37,38)(H,32,35,39)/t19-/m1/s1. The van der Waals surface area contributed by atoms with Crippen LogP contribution in [0.2, 0.25) is 0 Å². The van der Waals surface area contributed by atoms with Gasteiger partial charge in [-0.05, 0) is 43.0 Å². The molecule has 3 N–H and O–H groups in total. The minimum absolute atomic E-state index is 0.0459. The van der Waals surface area contributed by atoms with Crippen molar-refractivity contribution in [3.63, 3.8) is 0 Å². The number of aliphatic carboxylic acids is 1. The molecule has 0 aliphatic heterocycles. The largest absolute Gasteiger partial charge is 0.480 e. The van der Waals surface area contributed by atoms with Gasteiger partial charge in [0.2, 0.25) is 5.91 Å². The number of aromatic nitrogens is 2. The Balaban J connectivity index is 1.47. The first-order valence-electron chi connectivity index (χ1n) is 13.5. The number of H-pyrrole nitrogens is 1. The highest BCUT2D eigenvalue weighted by atomic mass is 16.5. The van der Waals surface area contributed by atoms with Crippen LogP contribution in [0, 0.1) is 0 Å². The first kappa shape index (κ1) is 30.3. The summed E-state index contributed by atoms with van der Waals surface area (Å²) >= 11 is 0. The zero-order chi connectivity index (χ0) is 30.4. The normalized spacial score (nSPS) is 13.1. The molecule has 0 fully saturated rings. The molecule has 0 unspecified atom stereocenters. The Bertz CT molecular complexity index is 1530. The number of ether oxygens (including phenoxy) is 2. The van der Waals surface area contributed by atoms with Crippen LogP contribution in [0.3, 0.4) is 0 Å². The van der Waals surface area contributed by atoms with Crippen LogP contribution in [0.25, 0.3) is 11.1 Å². The van der Waals surface area contributed by atoms with Gasteiger partial charge in [-0.3, -0.25) is 23.9 Å². The monoisotopic (exact) mass is 578 g/mol. The fourth-order valence-corrected chi connectivity index (χ4v) is 4.80. The van der Waals surface area contributed by atoms with E-state index in [0.717, 1.165) is 44.0 Å². The van der Waals surface area contributed by atoms with E-state index in [1.54, 1.807) is 0 Å². The van der Waals surface area contributed by atoms with Crippen molar-refractivity contribution in [1.82, 2.24) is 19.8 Å². The molecule has 42 heavy (non-hydrogen) atoms. The van der Waals surface area contributed by atoms with E-state index in [2.05, 4.69) is 5.32 Å². The van der Waals surface area contributed by atoms with Gasteiger partial charge in [-0.2, -0.15) is 0 Å². The molecule has 0 radical (unpaired) electrons. The lowest BCUT2D eigenvalue weighted by Crippen LogP contribution is -2.51. The number of carboxylic acid groups (broad SMARTS) is 1. The Morgan fingerprint density at radius 3 is 2.21 bits per heavy atom. The van der Waals surface area contributed by atoms with E-state index in [4.69, 9.17) is 9.47 Å². The van der Waals surface area contributed by atoms with E-state index in [-0.39, 0.29) is 25.7 Å². The van der Waals surface area contributed by atoms with Gasteiger partial charge < -0.3 is 24.8 Å². The Labute approximate surface area is 241 Å². The summed E-state index contributed by atoms with van der Waals surface area (Å²) in [4.78, 5) is 64.1. The molecule has 3 aromatic rings. The van der Waals surface area contributed by atoms with E-state index < -0.39 is 54.0 Å². The lowest BCUT2D eigenvalue weighted by Gasteiger charge is -2.29. The highest BCUT2D eigenvalue weighted by Gasteiger charge is 2.30. The van der Waals surface area contributed by atoms with Gasteiger partial charge in [0.1, 0.15) is 19.7 Å². The summed E-state index contributed by atoms with van der Waals surface area (Å²) in [6.45, 7) is 4.05. The van der Waals surface area contributed by atoms with Gasteiger partial charge in [-0.15, -0.1) is 0 Å². The maximum atomic E-state index is 13.1. The summed E-state index contributed by atoms with van der Waals surface area (Å²) in [6.07, 6.45) is 0.395. The van der Waals surface area contributed by atoms with Crippen molar-refractivity contribution in [2.45, 2.75) is 44.9 Å². The van der Waals surface area contributed by atoms with Gasteiger partial charge in [0.25, 0.3) is 5.56 Å². The molecule has 1 atom stereocenters. The van der Waals surface area contributed by atoms with Crippen molar-refractivity contribution < 1.29 is 29.0 Å². The molecule has 12 nitrogen and oxygen atoms in total. The molecule has 0 bridgehead atoms. The van der Waals surface area contributed by atoms with Gasteiger partial charge >= 0.3 is 17.8 Å². The average molecular weight is 579 g/mol. The number of hydrogen-bond acceptors (Lipinski definition) is 7. The summed E-state index contributed by atoms with van der Waals surface area (Å²) in [5, 5.41) is 12.2. The number of nitrogens with zero attached hydrogens (tertiary/aromatic N) is 2.